The largest absolute Gasteiger partial charge is 0.274 e. The number of benzene rings is 1. The van der Waals surface area contributed by atoms with Crippen LogP contribution in [0.1, 0.15) is 31.5 Å². The van der Waals surface area contributed by atoms with Crippen molar-refractivity contribution in [1.29, 1.82) is 0 Å². The number of nitrogens with zero attached hydrogens (tertiary/aromatic N) is 3. The Morgan fingerprint density at radius 1 is 1.14 bits per heavy atom. The molecule has 7 heteroatoms. The zero-order chi connectivity index (χ0) is 14.9. The molecule has 1 saturated carbocycles. The van der Waals surface area contributed by atoms with Crippen molar-refractivity contribution < 1.29 is 8.42 Å². The normalized spacial score (nSPS) is 16.4. The molecule has 6 nitrogen and oxygen atoms in total. The summed E-state index contributed by atoms with van der Waals surface area (Å²) in [4.78, 5) is 0. The van der Waals surface area contributed by atoms with Gasteiger partial charge in [0, 0.05) is 12.1 Å². The van der Waals surface area contributed by atoms with Crippen LogP contribution in [0.4, 0.5) is 0 Å². The first kappa shape index (κ1) is 14.2. The molecule has 112 valence electrons. The van der Waals surface area contributed by atoms with E-state index in [1.165, 1.54) is 12.8 Å². The molecule has 0 amide bonds. The maximum atomic E-state index is 11.7. The fraction of sp³-hybridized carbons (Fsp3) is 0.429. The van der Waals surface area contributed by atoms with Crippen molar-refractivity contribution in [1.82, 2.24) is 14.8 Å². The van der Waals surface area contributed by atoms with Crippen molar-refractivity contribution in [2.45, 2.75) is 37.3 Å². The van der Waals surface area contributed by atoms with Gasteiger partial charge in [-0.25, -0.2) is 13.6 Å². The highest BCUT2D eigenvalue weighted by atomic mass is 32.2. The van der Waals surface area contributed by atoms with E-state index in [1.54, 1.807) is 4.57 Å². The molecule has 1 heterocycles. The van der Waals surface area contributed by atoms with E-state index in [0.717, 1.165) is 24.9 Å². The molecule has 3 rings (SSSR count). The first-order valence-electron chi connectivity index (χ1n) is 7.08. The number of rotatable bonds is 4. The molecule has 1 fully saturated rings. The average molecular weight is 306 g/mol. The molecule has 2 aromatic rings. The van der Waals surface area contributed by atoms with Gasteiger partial charge in [0.1, 0.15) is 5.82 Å². The maximum absolute atomic E-state index is 11.7. The van der Waals surface area contributed by atoms with Gasteiger partial charge in [-0.15, -0.1) is 10.2 Å². The van der Waals surface area contributed by atoms with Gasteiger partial charge in [0.25, 0.3) is 15.2 Å². The zero-order valence-electron chi connectivity index (χ0n) is 11.6. The molecule has 0 spiro atoms. The van der Waals surface area contributed by atoms with E-state index >= 15 is 0 Å². The topological polar surface area (TPSA) is 90.9 Å². The van der Waals surface area contributed by atoms with Gasteiger partial charge in [0.05, 0.1) is 0 Å². The molecule has 1 aromatic heterocycles. The number of nitrogens with two attached hydrogens (primary N) is 1. The fourth-order valence-corrected chi connectivity index (χ4v) is 3.55. The second kappa shape index (κ2) is 5.57. The Morgan fingerprint density at radius 2 is 1.81 bits per heavy atom. The molecular formula is C14H18N4O2S. The minimum absolute atomic E-state index is 0.193. The van der Waals surface area contributed by atoms with Crippen LogP contribution in [0, 0.1) is 5.92 Å². The number of primary sulfonamides is 1. The number of hydrogen-bond donors (Lipinski definition) is 1. The molecule has 0 aliphatic heterocycles. The summed E-state index contributed by atoms with van der Waals surface area (Å²) in [5, 5.41) is 13.0. The van der Waals surface area contributed by atoms with Gasteiger partial charge in [-0.05, 0) is 18.1 Å². The van der Waals surface area contributed by atoms with Gasteiger partial charge < -0.3 is 0 Å². The second-order valence-corrected chi connectivity index (χ2v) is 6.92. The molecule has 0 bridgehead atoms. The third-order valence-electron chi connectivity index (χ3n) is 3.92. The molecule has 21 heavy (non-hydrogen) atoms. The van der Waals surface area contributed by atoms with Crippen LogP contribution < -0.4 is 5.14 Å². The number of para-hydroxylation sites is 1. The molecule has 0 radical (unpaired) electrons. The smallest absolute Gasteiger partial charge is 0.269 e. The van der Waals surface area contributed by atoms with Crippen LogP contribution in [0.3, 0.4) is 0 Å². The highest BCUT2D eigenvalue weighted by Crippen LogP contribution is 2.28. The Labute approximate surface area is 124 Å². The molecule has 0 atom stereocenters. The first-order chi connectivity index (χ1) is 10.1. The first-order valence-corrected chi connectivity index (χ1v) is 8.63. The predicted octanol–water partition coefficient (Wildman–Crippen LogP) is 1.65. The standard InChI is InChI=1S/C14H18N4O2S/c15-21(19,20)14-17-16-13(10-11-6-4-5-7-11)18(14)12-8-2-1-3-9-12/h1-3,8-9,11H,4-7,10H2,(H2,15,19,20). The highest BCUT2D eigenvalue weighted by Gasteiger charge is 2.25. The maximum Gasteiger partial charge on any atom is 0.274 e. The van der Waals surface area contributed by atoms with Crippen LogP contribution in [0.2, 0.25) is 0 Å². The molecule has 0 saturated heterocycles. The lowest BCUT2D eigenvalue weighted by Crippen LogP contribution is -2.19. The Morgan fingerprint density at radius 3 is 2.43 bits per heavy atom. The SMILES string of the molecule is NS(=O)(=O)c1nnc(CC2CCCC2)n1-c1ccccc1. The van der Waals surface area contributed by atoms with Crippen molar-refractivity contribution in [3.8, 4) is 5.69 Å². The van der Waals surface area contributed by atoms with E-state index in [-0.39, 0.29) is 5.16 Å². The van der Waals surface area contributed by atoms with Crippen LogP contribution in [-0.2, 0) is 16.4 Å². The van der Waals surface area contributed by atoms with E-state index in [0.29, 0.717) is 11.7 Å². The summed E-state index contributed by atoms with van der Waals surface area (Å²) in [6.45, 7) is 0. The minimum atomic E-state index is -3.91. The third kappa shape index (κ3) is 2.98. The van der Waals surface area contributed by atoms with Gasteiger partial charge in [-0.1, -0.05) is 43.9 Å². The van der Waals surface area contributed by atoms with Crippen LogP contribution in [0.25, 0.3) is 5.69 Å². The van der Waals surface area contributed by atoms with Crippen molar-refractivity contribution in [3.63, 3.8) is 0 Å². The fourth-order valence-electron chi connectivity index (χ4n) is 2.93. The van der Waals surface area contributed by atoms with Crippen LogP contribution in [0.5, 0.6) is 0 Å². The molecule has 1 aromatic carbocycles. The van der Waals surface area contributed by atoms with E-state index in [2.05, 4.69) is 10.2 Å². The Bertz CT molecular complexity index is 719. The van der Waals surface area contributed by atoms with Crippen LogP contribution >= 0.6 is 0 Å². The number of sulfonamides is 1. The van der Waals surface area contributed by atoms with Crippen molar-refractivity contribution in [2.24, 2.45) is 11.1 Å². The van der Waals surface area contributed by atoms with E-state index in [4.69, 9.17) is 5.14 Å². The summed E-state index contributed by atoms with van der Waals surface area (Å²) < 4.78 is 25.0. The highest BCUT2D eigenvalue weighted by molar-refractivity contribution is 7.89. The van der Waals surface area contributed by atoms with Gasteiger partial charge in [0.15, 0.2) is 0 Å². The lowest BCUT2D eigenvalue weighted by atomic mass is 10.0. The van der Waals surface area contributed by atoms with E-state index < -0.39 is 10.0 Å². The number of aromatic nitrogens is 3. The minimum Gasteiger partial charge on any atom is -0.269 e. The Hall–Kier alpha value is -1.73. The van der Waals surface area contributed by atoms with E-state index in [1.807, 2.05) is 30.3 Å². The van der Waals surface area contributed by atoms with Crippen molar-refractivity contribution in [2.75, 3.05) is 0 Å². The predicted molar refractivity (Wildman–Crippen MR) is 78.4 cm³/mol. The summed E-state index contributed by atoms with van der Waals surface area (Å²) in [6, 6.07) is 9.23. The molecule has 0 unspecified atom stereocenters. The molecular weight excluding hydrogens is 288 g/mol. The summed E-state index contributed by atoms with van der Waals surface area (Å²) in [5.74, 6) is 1.21. The Kier molecular flexibility index (Phi) is 3.77. The van der Waals surface area contributed by atoms with Gasteiger partial charge in [0.2, 0.25) is 0 Å². The summed E-state index contributed by atoms with van der Waals surface area (Å²) in [7, 11) is -3.91. The average Bonchev–Trinajstić information content (AvgIpc) is 3.09. The lowest BCUT2D eigenvalue weighted by Gasteiger charge is -2.12. The number of hydrogen-bond acceptors (Lipinski definition) is 4. The quantitative estimate of drug-likeness (QED) is 0.929. The van der Waals surface area contributed by atoms with Gasteiger partial charge >= 0.3 is 0 Å². The van der Waals surface area contributed by atoms with Gasteiger partial charge in [-0.2, -0.15) is 0 Å². The third-order valence-corrected chi connectivity index (χ3v) is 4.69. The Balaban J connectivity index is 2.06. The van der Waals surface area contributed by atoms with Crippen molar-refractivity contribution >= 4 is 10.0 Å². The summed E-state index contributed by atoms with van der Waals surface area (Å²) in [6.07, 6.45) is 5.51. The lowest BCUT2D eigenvalue weighted by molar-refractivity contribution is 0.522. The van der Waals surface area contributed by atoms with Crippen LogP contribution in [-0.4, -0.2) is 23.2 Å². The molecule has 1 aliphatic carbocycles. The van der Waals surface area contributed by atoms with E-state index in [9.17, 15) is 8.42 Å². The summed E-state index contributed by atoms with van der Waals surface area (Å²) in [5.41, 5.74) is 0.722. The molecule has 1 aliphatic rings. The van der Waals surface area contributed by atoms with Gasteiger partial charge in [-0.3, -0.25) is 4.57 Å². The molecule has 2 N–H and O–H groups in total. The van der Waals surface area contributed by atoms with Crippen molar-refractivity contribution in [3.05, 3.63) is 36.2 Å². The van der Waals surface area contributed by atoms with Crippen LogP contribution in [0.15, 0.2) is 35.5 Å². The zero-order valence-corrected chi connectivity index (χ0v) is 12.5. The summed E-state index contributed by atoms with van der Waals surface area (Å²) >= 11 is 0. The second-order valence-electron chi connectivity index (χ2n) is 5.47. The monoisotopic (exact) mass is 306 g/mol.